The molecule has 0 bridgehead atoms. The Hall–Kier alpha value is -1.07. The first-order chi connectivity index (χ1) is 8.77. The molecule has 4 nitrogen and oxygen atoms in total. The van der Waals surface area contributed by atoms with Gasteiger partial charge in [-0.2, -0.15) is 5.10 Å². The Kier molecular flexibility index (Phi) is 3.87. The predicted octanol–water partition coefficient (Wildman–Crippen LogP) is 3.62. The van der Waals surface area contributed by atoms with E-state index in [1.807, 2.05) is 26.4 Å². The van der Waals surface area contributed by atoms with Crippen LogP contribution in [-0.2, 0) is 12.5 Å². The van der Waals surface area contributed by atoms with Gasteiger partial charge in [-0.15, -0.1) is 0 Å². The maximum atomic E-state index is 6.21. The van der Waals surface area contributed by atoms with Crippen molar-refractivity contribution in [2.45, 2.75) is 43.0 Å². The highest BCUT2D eigenvalue weighted by Gasteiger charge is 2.21. The summed E-state index contributed by atoms with van der Waals surface area (Å²) in [5, 5.41) is 5.56. The van der Waals surface area contributed by atoms with Gasteiger partial charge in [0.15, 0.2) is 0 Å². The van der Waals surface area contributed by atoms with Crippen LogP contribution < -0.4 is 0 Å². The first-order valence-electron chi connectivity index (χ1n) is 5.98. The monoisotopic (exact) mass is 296 g/mol. The van der Waals surface area contributed by atoms with E-state index in [-0.39, 0.29) is 5.41 Å². The number of aromatic nitrogens is 4. The van der Waals surface area contributed by atoms with Gasteiger partial charge in [-0.3, -0.25) is 4.68 Å². The van der Waals surface area contributed by atoms with E-state index >= 15 is 0 Å². The Labute approximate surface area is 122 Å². The summed E-state index contributed by atoms with van der Waals surface area (Å²) in [6.07, 6.45) is 3.77. The van der Waals surface area contributed by atoms with Gasteiger partial charge in [0.05, 0.1) is 11.1 Å². The van der Waals surface area contributed by atoms with Gasteiger partial charge in [-0.1, -0.05) is 44.1 Å². The number of rotatable bonds is 2. The van der Waals surface area contributed by atoms with Gasteiger partial charge in [-0.25, -0.2) is 9.97 Å². The minimum absolute atomic E-state index is 0.123. The summed E-state index contributed by atoms with van der Waals surface area (Å²) in [6.45, 7) is 8.17. The van der Waals surface area contributed by atoms with E-state index < -0.39 is 0 Å². The zero-order valence-corrected chi connectivity index (χ0v) is 13.3. The van der Waals surface area contributed by atoms with Gasteiger partial charge >= 0.3 is 0 Å². The molecule has 0 amide bonds. The summed E-state index contributed by atoms with van der Waals surface area (Å²) in [4.78, 5) is 10.1. The Morgan fingerprint density at radius 2 is 1.95 bits per heavy atom. The smallest absolute Gasteiger partial charge is 0.136 e. The maximum Gasteiger partial charge on any atom is 0.136 e. The van der Waals surface area contributed by atoms with Crippen LogP contribution in [0.25, 0.3) is 0 Å². The molecule has 0 aliphatic rings. The van der Waals surface area contributed by atoms with E-state index in [0.29, 0.717) is 5.15 Å². The van der Waals surface area contributed by atoms with E-state index in [0.717, 1.165) is 21.3 Å². The second kappa shape index (κ2) is 5.13. The molecule has 0 aromatic carbocycles. The van der Waals surface area contributed by atoms with E-state index in [1.165, 1.54) is 0 Å². The molecule has 0 aliphatic heterocycles. The molecule has 102 valence electrons. The first kappa shape index (κ1) is 14.3. The van der Waals surface area contributed by atoms with E-state index in [1.54, 1.807) is 16.4 Å². The lowest BCUT2D eigenvalue weighted by atomic mass is 9.96. The third kappa shape index (κ3) is 3.28. The lowest BCUT2D eigenvalue weighted by Crippen LogP contribution is -2.17. The highest BCUT2D eigenvalue weighted by atomic mass is 35.5. The molecule has 2 rings (SSSR count). The van der Waals surface area contributed by atoms with Crippen molar-refractivity contribution < 1.29 is 0 Å². The molecule has 0 saturated heterocycles. The van der Waals surface area contributed by atoms with Gasteiger partial charge in [0, 0.05) is 24.2 Å². The average Bonchev–Trinajstić information content (AvgIpc) is 2.69. The van der Waals surface area contributed by atoms with Crippen LogP contribution >= 0.6 is 23.4 Å². The number of hydrogen-bond donors (Lipinski definition) is 0. The van der Waals surface area contributed by atoms with Crippen molar-refractivity contribution in [2.75, 3.05) is 0 Å². The summed E-state index contributed by atoms with van der Waals surface area (Å²) >= 11 is 7.77. The molecular formula is C13H17ClN4S. The normalized spacial score (nSPS) is 11.9. The van der Waals surface area contributed by atoms with Crippen LogP contribution in [0, 0.1) is 6.92 Å². The number of halogens is 1. The van der Waals surface area contributed by atoms with E-state index in [9.17, 15) is 0 Å². The highest BCUT2D eigenvalue weighted by Crippen LogP contribution is 2.32. The maximum absolute atomic E-state index is 6.21. The van der Waals surface area contributed by atoms with Crippen molar-refractivity contribution in [3.8, 4) is 0 Å². The van der Waals surface area contributed by atoms with Crippen molar-refractivity contribution in [3.05, 3.63) is 28.9 Å². The molecule has 0 fully saturated rings. The molecule has 2 aromatic rings. The predicted molar refractivity (Wildman–Crippen MR) is 77.8 cm³/mol. The van der Waals surface area contributed by atoms with Gasteiger partial charge in [0.2, 0.25) is 0 Å². The SMILES string of the molecule is Cc1c(Cl)nc(C(C)(C)C)nc1Sc1cnn(C)c1. The Balaban J connectivity index is 2.41. The second-order valence-corrected chi connectivity index (χ2v) is 6.89. The molecule has 0 saturated carbocycles. The van der Waals surface area contributed by atoms with Gasteiger partial charge < -0.3 is 0 Å². The highest BCUT2D eigenvalue weighted by molar-refractivity contribution is 7.99. The van der Waals surface area contributed by atoms with Crippen LogP contribution in [0.3, 0.4) is 0 Å². The molecule has 6 heteroatoms. The molecule has 19 heavy (non-hydrogen) atoms. The summed E-state index contributed by atoms with van der Waals surface area (Å²) in [5.74, 6) is 0.759. The first-order valence-corrected chi connectivity index (χ1v) is 7.18. The fourth-order valence-corrected chi connectivity index (χ4v) is 2.60. The number of nitrogens with zero attached hydrogens (tertiary/aromatic N) is 4. The molecule has 0 atom stereocenters. The minimum atomic E-state index is -0.123. The summed E-state index contributed by atoms with van der Waals surface area (Å²) in [6, 6.07) is 0. The summed E-state index contributed by atoms with van der Waals surface area (Å²) in [7, 11) is 1.89. The van der Waals surface area contributed by atoms with Crippen LogP contribution in [0.1, 0.15) is 32.2 Å². The topological polar surface area (TPSA) is 43.6 Å². The molecule has 0 unspecified atom stereocenters. The lowest BCUT2D eigenvalue weighted by Gasteiger charge is -2.18. The fourth-order valence-electron chi connectivity index (χ4n) is 1.47. The van der Waals surface area contributed by atoms with Crippen molar-refractivity contribution in [2.24, 2.45) is 7.05 Å². The largest absolute Gasteiger partial charge is 0.275 e. The minimum Gasteiger partial charge on any atom is -0.275 e. The van der Waals surface area contributed by atoms with Crippen molar-refractivity contribution in [1.82, 2.24) is 19.7 Å². The second-order valence-electron chi connectivity index (χ2n) is 5.47. The Morgan fingerprint density at radius 1 is 1.26 bits per heavy atom. The van der Waals surface area contributed by atoms with Crippen LogP contribution in [-0.4, -0.2) is 19.7 Å². The van der Waals surface area contributed by atoms with Crippen molar-refractivity contribution in [3.63, 3.8) is 0 Å². The molecule has 0 radical (unpaired) electrons. The van der Waals surface area contributed by atoms with Gasteiger partial charge in [0.25, 0.3) is 0 Å². The van der Waals surface area contributed by atoms with Crippen LogP contribution in [0.5, 0.6) is 0 Å². The lowest BCUT2D eigenvalue weighted by molar-refractivity contribution is 0.537. The standard InChI is InChI=1S/C13H17ClN4S/c1-8-10(14)16-12(13(2,3)4)17-11(8)19-9-6-15-18(5)7-9/h6-7H,1-5H3. The third-order valence-corrected chi connectivity index (χ3v) is 4.01. The summed E-state index contributed by atoms with van der Waals surface area (Å²) in [5.41, 5.74) is 0.783. The van der Waals surface area contributed by atoms with Crippen LogP contribution in [0.4, 0.5) is 0 Å². The van der Waals surface area contributed by atoms with Gasteiger partial charge in [-0.05, 0) is 6.92 Å². The molecule has 2 aromatic heterocycles. The van der Waals surface area contributed by atoms with Crippen molar-refractivity contribution >= 4 is 23.4 Å². The average molecular weight is 297 g/mol. The molecular weight excluding hydrogens is 280 g/mol. The fraction of sp³-hybridized carbons (Fsp3) is 0.462. The van der Waals surface area contributed by atoms with Crippen molar-refractivity contribution in [1.29, 1.82) is 0 Å². The molecule has 2 heterocycles. The zero-order valence-electron chi connectivity index (χ0n) is 11.7. The summed E-state index contributed by atoms with van der Waals surface area (Å²) < 4.78 is 1.77. The van der Waals surface area contributed by atoms with Crippen LogP contribution in [0.15, 0.2) is 22.3 Å². The van der Waals surface area contributed by atoms with E-state index in [2.05, 4.69) is 35.8 Å². The number of hydrogen-bond acceptors (Lipinski definition) is 4. The Bertz CT molecular complexity index is 601. The zero-order chi connectivity index (χ0) is 14.2. The molecule has 0 spiro atoms. The van der Waals surface area contributed by atoms with Crippen LogP contribution in [0.2, 0.25) is 5.15 Å². The third-order valence-electron chi connectivity index (χ3n) is 2.61. The Morgan fingerprint density at radius 3 is 2.47 bits per heavy atom. The van der Waals surface area contributed by atoms with Gasteiger partial charge in [0.1, 0.15) is 16.0 Å². The molecule has 0 N–H and O–H groups in total. The molecule has 0 aliphatic carbocycles. The van der Waals surface area contributed by atoms with E-state index in [4.69, 9.17) is 11.6 Å². The quantitative estimate of drug-likeness (QED) is 0.794. The number of aryl methyl sites for hydroxylation is 1.